The van der Waals surface area contributed by atoms with Crippen molar-refractivity contribution in [2.24, 2.45) is 0 Å². The minimum Gasteiger partial charge on any atom is -0.504 e. The molecule has 1 aromatic carbocycles. The molecule has 0 saturated carbocycles. The zero-order chi connectivity index (χ0) is 15.0. The summed E-state index contributed by atoms with van der Waals surface area (Å²) in [5, 5.41) is 19.7. The van der Waals surface area contributed by atoms with Crippen molar-refractivity contribution >= 4 is 10.9 Å². The van der Waals surface area contributed by atoms with E-state index in [2.05, 4.69) is 0 Å². The van der Waals surface area contributed by atoms with Crippen molar-refractivity contribution in [1.29, 1.82) is 0 Å². The van der Waals surface area contributed by atoms with E-state index in [-0.39, 0.29) is 16.9 Å². The fraction of sp³-hybridized carbons (Fsp3) is 0.188. The molecule has 0 aliphatic heterocycles. The second-order valence-electron chi connectivity index (χ2n) is 4.98. The van der Waals surface area contributed by atoms with Crippen LogP contribution in [-0.4, -0.2) is 19.3 Å². The zero-order valence-corrected chi connectivity index (χ0v) is 11.7. The van der Waals surface area contributed by atoms with Crippen LogP contribution < -0.4 is 5.43 Å². The summed E-state index contributed by atoms with van der Waals surface area (Å²) >= 11 is 0. The lowest BCUT2D eigenvalue weighted by Crippen LogP contribution is -2.16. The maximum Gasteiger partial charge on any atom is 0.194 e. The third kappa shape index (κ3) is 2.27. The number of hydrogen-bond acceptors (Lipinski definition) is 3. The first-order chi connectivity index (χ1) is 10.1. The van der Waals surface area contributed by atoms with Crippen LogP contribution in [0.25, 0.3) is 10.9 Å². The van der Waals surface area contributed by atoms with Gasteiger partial charge < -0.3 is 19.3 Å². The van der Waals surface area contributed by atoms with Gasteiger partial charge >= 0.3 is 0 Å². The molecule has 0 spiro atoms. The molecular formula is C16H16N2O3. The highest BCUT2D eigenvalue weighted by molar-refractivity contribution is 5.83. The maximum atomic E-state index is 12.6. The lowest BCUT2D eigenvalue weighted by molar-refractivity contribution is 0.404. The Kier molecular flexibility index (Phi) is 3.17. The summed E-state index contributed by atoms with van der Waals surface area (Å²) in [6.45, 7) is 3.11. The summed E-state index contributed by atoms with van der Waals surface area (Å²) in [5.41, 5.74) is 1.14. The van der Waals surface area contributed by atoms with Crippen LogP contribution in [0.2, 0.25) is 0 Å². The largest absolute Gasteiger partial charge is 0.504 e. The van der Waals surface area contributed by atoms with E-state index < -0.39 is 0 Å². The standard InChI is InChI=1S/C16H16N2O3/c1-2-18-10-11(9-17-5-3-4-6-17)16(21)12-7-14(19)15(20)8-13(12)18/h3-8,10,19-20H,2,9H2,1H3. The number of benzene rings is 1. The Hall–Kier alpha value is -2.69. The first kappa shape index (κ1) is 13.3. The minimum absolute atomic E-state index is 0.126. The number of aromatic nitrogens is 2. The molecule has 0 fully saturated rings. The van der Waals surface area contributed by atoms with Gasteiger partial charge in [-0.2, -0.15) is 0 Å². The van der Waals surface area contributed by atoms with Crippen molar-refractivity contribution in [2.45, 2.75) is 20.0 Å². The van der Waals surface area contributed by atoms with Gasteiger partial charge in [-0.15, -0.1) is 0 Å². The van der Waals surface area contributed by atoms with Gasteiger partial charge in [0, 0.05) is 42.2 Å². The number of nitrogens with zero attached hydrogens (tertiary/aromatic N) is 2. The fourth-order valence-electron chi connectivity index (χ4n) is 2.52. The minimum atomic E-state index is -0.277. The number of phenols is 2. The van der Waals surface area contributed by atoms with Crippen molar-refractivity contribution in [3.05, 3.63) is 58.6 Å². The van der Waals surface area contributed by atoms with Crippen molar-refractivity contribution in [3.8, 4) is 11.5 Å². The highest BCUT2D eigenvalue weighted by atomic mass is 16.3. The van der Waals surface area contributed by atoms with Crippen LogP contribution in [0.15, 0.2) is 47.7 Å². The Morgan fingerprint density at radius 3 is 2.43 bits per heavy atom. The average Bonchev–Trinajstić information content (AvgIpc) is 2.97. The predicted octanol–water partition coefficient (Wildman–Crippen LogP) is 2.28. The van der Waals surface area contributed by atoms with E-state index in [4.69, 9.17) is 0 Å². The predicted molar refractivity (Wildman–Crippen MR) is 80.7 cm³/mol. The number of fused-ring (bicyclic) bond motifs is 1. The van der Waals surface area contributed by atoms with Crippen LogP contribution in [0.1, 0.15) is 12.5 Å². The molecule has 2 N–H and O–H groups in total. The molecule has 0 radical (unpaired) electrons. The molecule has 0 atom stereocenters. The molecule has 5 heteroatoms. The summed E-state index contributed by atoms with van der Waals surface area (Å²) in [4.78, 5) is 12.6. The van der Waals surface area contributed by atoms with Gasteiger partial charge in [0.15, 0.2) is 16.9 Å². The van der Waals surface area contributed by atoms with Gasteiger partial charge in [-0.25, -0.2) is 0 Å². The van der Waals surface area contributed by atoms with E-state index in [1.165, 1.54) is 12.1 Å². The Morgan fingerprint density at radius 1 is 1.10 bits per heavy atom. The van der Waals surface area contributed by atoms with Crippen molar-refractivity contribution < 1.29 is 10.2 Å². The second-order valence-corrected chi connectivity index (χ2v) is 4.98. The highest BCUT2D eigenvalue weighted by Gasteiger charge is 2.12. The van der Waals surface area contributed by atoms with Gasteiger partial charge in [-0.05, 0) is 25.1 Å². The molecule has 21 heavy (non-hydrogen) atoms. The van der Waals surface area contributed by atoms with Gasteiger partial charge in [0.05, 0.1) is 12.1 Å². The van der Waals surface area contributed by atoms with Gasteiger partial charge in [0.1, 0.15) is 0 Å². The van der Waals surface area contributed by atoms with Gasteiger partial charge in [-0.3, -0.25) is 4.79 Å². The molecule has 3 aromatic rings. The molecule has 3 rings (SSSR count). The van der Waals surface area contributed by atoms with Gasteiger partial charge in [-0.1, -0.05) is 0 Å². The molecule has 2 heterocycles. The molecule has 0 aliphatic carbocycles. The maximum absolute atomic E-state index is 12.6. The van der Waals surface area contributed by atoms with Gasteiger partial charge in [0.25, 0.3) is 0 Å². The summed E-state index contributed by atoms with van der Waals surface area (Å²) in [6.07, 6.45) is 5.60. The molecule has 0 bridgehead atoms. The summed E-state index contributed by atoms with van der Waals surface area (Å²) in [7, 11) is 0. The van der Waals surface area contributed by atoms with E-state index in [0.717, 1.165) is 0 Å². The molecular weight excluding hydrogens is 268 g/mol. The first-order valence-electron chi connectivity index (χ1n) is 6.79. The van der Waals surface area contributed by atoms with Gasteiger partial charge in [0.2, 0.25) is 0 Å². The molecule has 0 saturated heterocycles. The summed E-state index contributed by atoms with van der Waals surface area (Å²) in [6, 6.07) is 6.57. The van der Waals surface area contributed by atoms with Crippen LogP contribution in [0.5, 0.6) is 11.5 Å². The molecule has 2 aromatic heterocycles. The second kappa shape index (κ2) is 5.01. The number of rotatable bonds is 3. The van der Waals surface area contributed by atoms with E-state index in [0.29, 0.717) is 29.6 Å². The van der Waals surface area contributed by atoms with Crippen molar-refractivity contribution in [2.75, 3.05) is 0 Å². The summed E-state index contributed by atoms with van der Waals surface area (Å²) < 4.78 is 3.82. The number of aromatic hydroxyl groups is 2. The first-order valence-corrected chi connectivity index (χ1v) is 6.79. The van der Waals surface area contributed by atoms with E-state index in [9.17, 15) is 15.0 Å². The number of phenolic OH excluding ortho intramolecular Hbond substituents is 2. The lowest BCUT2D eigenvalue weighted by atomic mass is 10.1. The molecule has 108 valence electrons. The average molecular weight is 284 g/mol. The molecule has 5 nitrogen and oxygen atoms in total. The van der Waals surface area contributed by atoms with Crippen molar-refractivity contribution in [3.63, 3.8) is 0 Å². The van der Waals surface area contributed by atoms with E-state index >= 15 is 0 Å². The number of aryl methyl sites for hydroxylation is 1. The monoisotopic (exact) mass is 284 g/mol. The summed E-state index contributed by atoms with van der Waals surface area (Å²) in [5.74, 6) is -0.498. The topological polar surface area (TPSA) is 67.4 Å². The Bertz CT molecular complexity index is 848. The number of hydrogen-bond donors (Lipinski definition) is 2. The zero-order valence-electron chi connectivity index (χ0n) is 11.7. The van der Waals surface area contributed by atoms with Crippen LogP contribution in [0, 0.1) is 0 Å². The number of pyridine rings is 1. The lowest BCUT2D eigenvalue weighted by Gasteiger charge is -2.13. The highest BCUT2D eigenvalue weighted by Crippen LogP contribution is 2.29. The quantitative estimate of drug-likeness (QED) is 0.725. The van der Waals surface area contributed by atoms with Crippen molar-refractivity contribution in [1.82, 2.24) is 9.13 Å². The van der Waals surface area contributed by atoms with Crippen LogP contribution >= 0.6 is 0 Å². The third-order valence-corrected chi connectivity index (χ3v) is 3.61. The smallest absolute Gasteiger partial charge is 0.194 e. The molecule has 0 unspecified atom stereocenters. The normalized spacial score (nSPS) is 11.1. The molecule has 0 amide bonds. The third-order valence-electron chi connectivity index (χ3n) is 3.61. The fourth-order valence-corrected chi connectivity index (χ4v) is 2.52. The van der Waals surface area contributed by atoms with Crippen LogP contribution in [0.4, 0.5) is 0 Å². The Labute approximate surface area is 121 Å². The Balaban J connectivity index is 2.25. The van der Waals surface area contributed by atoms with Crippen LogP contribution in [0.3, 0.4) is 0 Å². The van der Waals surface area contributed by atoms with E-state index in [1.807, 2.05) is 40.6 Å². The SMILES string of the molecule is CCn1cc(Cn2cccc2)c(=O)c2cc(O)c(O)cc21. The molecule has 0 aliphatic rings. The van der Waals surface area contributed by atoms with Crippen LogP contribution in [-0.2, 0) is 13.1 Å². The van der Waals surface area contributed by atoms with E-state index in [1.54, 1.807) is 6.20 Å². The Morgan fingerprint density at radius 2 is 1.76 bits per heavy atom.